The molecule has 0 aliphatic carbocycles. The fraction of sp³-hybridized carbons (Fsp3) is 0.440. The Balaban J connectivity index is 1.61. The molecule has 37 heavy (non-hydrogen) atoms. The van der Waals surface area contributed by atoms with Gasteiger partial charge in [0, 0.05) is 43.3 Å². The van der Waals surface area contributed by atoms with Gasteiger partial charge in [0.05, 0.1) is 22.4 Å². The zero-order valence-electron chi connectivity index (χ0n) is 20.7. The van der Waals surface area contributed by atoms with E-state index in [2.05, 4.69) is 10.6 Å². The number of anilines is 2. The van der Waals surface area contributed by atoms with E-state index in [1.807, 2.05) is 13.8 Å². The van der Waals surface area contributed by atoms with Crippen molar-refractivity contribution in [3.05, 3.63) is 45.6 Å². The molecule has 200 valence electrons. The van der Waals surface area contributed by atoms with Gasteiger partial charge in [-0.25, -0.2) is 9.59 Å². The number of thiophene rings is 1. The zero-order valence-corrected chi connectivity index (χ0v) is 22.3. The summed E-state index contributed by atoms with van der Waals surface area (Å²) in [6.07, 6.45) is 0.317. The third-order valence-electron chi connectivity index (χ3n) is 5.62. The van der Waals surface area contributed by atoms with Crippen LogP contribution in [0.3, 0.4) is 0 Å². The molecule has 12 heteroatoms. The van der Waals surface area contributed by atoms with Gasteiger partial charge in [0.2, 0.25) is 5.91 Å². The van der Waals surface area contributed by atoms with Crippen molar-refractivity contribution in [3.63, 3.8) is 0 Å². The van der Waals surface area contributed by atoms with E-state index < -0.39 is 12.6 Å². The van der Waals surface area contributed by atoms with Crippen molar-refractivity contribution in [1.29, 1.82) is 0 Å². The van der Waals surface area contributed by atoms with Gasteiger partial charge in [-0.3, -0.25) is 14.5 Å². The highest BCUT2D eigenvalue weighted by atomic mass is 35.5. The molecule has 1 aliphatic rings. The number of carbonyl (C=O) groups excluding carboxylic acids is 3. The molecule has 0 radical (unpaired) electrons. The lowest BCUT2D eigenvalue weighted by Crippen LogP contribution is -2.43. The summed E-state index contributed by atoms with van der Waals surface area (Å²) in [5, 5.41) is 14.5. The minimum atomic E-state index is -1.08. The highest BCUT2D eigenvalue weighted by Crippen LogP contribution is 2.27. The Morgan fingerprint density at radius 3 is 2.54 bits per heavy atom. The molecule has 0 saturated carbocycles. The SMILES string of the molecule is CC(C)CNC(=O)N(CCOCC(=O)O)c1ccc(N2C[C@H](CNC(=O)c3ccc(Cl)s3)CC2=O)cc1. The Hall–Kier alpha value is -3.15. The largest absolute Gasteiger partial charge is 0.480 e. The average Bonchev–Trinajstić information content (AvgIpc) is 3.46. The first-order chi connectivity index (χ1) is 17.6. The molecular formula is C25H31ClN4O6S. The first kappa shape index (κ1) is 28.4. The van der Waals surface area contributed by atoms with Crippen LogP contribution in [-0.2, 0) is 14.3 Å². The van der Waals surface area contributed by atoms with Crippen molar-refractivity contribution in [1.82, 2.24) is 10.6 Å². The molecule has 1 aliphatic heterocycles. The minimum absolute atomic E-state index is 0.0312. The van der Waals surface area contributed by atoms with Crippen LogP contribution in [0.25, 0.3) is 0 Å². The van der Waals surface area contributed by atoms with Gasteiger partial charge in [-0.05, 0) is 42.3 Å². The summed E-state index contributed by atoms with van der Waals surface area (Å²) in [5.74, 6) is -1.10. The number of ether oxygens (including phenoxy) is 1. The topological polar surface area (TPSA) is 128 Å². The van der Waals surface area contributed by atoms with Crippen molar-refractivity contribution in [3.8, 4) is 0 Å². The van der Waals surface area contributed by atoms with Gasteiger partial charge in [-0.1, -0.05) is 25.4 Å². The maximum absolute atomic E-state index is 12.8. The third kappa shape index (κ3) is 8.44. The van der Waals surface area contributed by atoms with E-state index >= 15 is 0 Å². The first-order valence-corrected chi connectivity index (χ1v) is 13.1. The number of carbonyl (C=O) groups is 4. The van der Waals surface area contributed by atoms with Gasteiger partial charge >= 0.3 is 12.0 Å². The van der Waals surface area contributed by atoms with Crippen LogP contribution < -0.4 is 20.4 Å². The third-order valence-corrected chi connectivity index (χ3v) is 6.85. The molecule has 4 amide bonds. The summed E-state index contributed by atoms with van der Waals surface area (Å²) in [6, 6.07) is 10.0. The van der Waals surface area contributed by atoms with Crippen LogP contribution in [0, 0.1) is 11.8 Å². The van der Waals surface area contributed by atoms with Gasteiger partial charge in [-0.2, -0.15) is 0 Å². The average molecular weight is 551 g/mol. The summed E-state index contributed by atoms with van der Waals surface area (Å²) in [4.78, 5) is 52.1. The lowest BCUT2D eigenvalue weighted by Gasteiger charge is -2.25. The maximum atomic E-state index is 12.8. The lowest BCUT2D eigenvalue weighted by atomic mass is 10.1. The van der Waals surface area contributed by atoms with E-state index in [4.69, 9.17) is 21.4 Å². The predicted octanol–water partition coefficient (Wildman–Crippen LogP) is 3.46. The number of amides is 4. The van der Waals surface area contributed by atoms with Crippen LogP contribution in [0.1, 0.15) is 29.9 Å². The number of aliphatic carboxylic acids is 1. The summed E-state index contributed by atoms with van der Waals surface area (Å²) in [6.45, 7) is 5.07. The van der Waals surface area contributed by atoms with E-state index in [0.29, 0.717) is 46.6 Å². The summed E-state index contributed by atoms with van der Waals surface area (Å²) < 4.78 is 5.65. The number of hydrogen-bond acceptors (Lipinski definition) is 6. The number of nitrogens with zero attached hydrogens (tertiary/aromatic N) is 2. The number of nitrogens with one attached hydrogen (secondary N) is 2. The van der Waals surface area contributed by atoms with Crippen LogP contribution in [0.15, 0.2) is 36.4 Å². The highest BCUT2D eigenvalue weighted by molar-refractivity contribution is 7.18. The molecule has 1 aromatic carbocycles. The molecule has 1 atom stereocenters. The Morgan fingerprint density at radius 2 is 1.92 bits per heavy atom. The number of halogens is 1. The van der Waals surface area contributed by atoms with E-state index in [1.54, 1.807) is 41.3 Å². The molecule has 10 nitrogen and oxygen atoms in total. The molecular weight excluding hydrogens is 520 g/mol. The Labute approximate surface area is 224 Å². The fourth-order valence-electron chi connectivity index (χ4n) is 3.79. The van der Waals surface area contributed by atoms with Crippen molar-refractivity contribution in [2.45, 2.75) is 20.3 Å². The molecule has 0 spiro atoms. The van der Waals surface area contributed by atoms with E-state index in [-0.39, 0.29) is 42.8 Å². The van der Waals surface area contributed by atoms with Gasteiger partial charge in [-0.15, -0.1) is 11.3 Å². The second-order valence-electron chi connectivity index (χ2n) is 9.08. The normalized spacial score (nSPS) is 15.2. The molecule has 3 N–H and O–H groups in total. The summed E-state index contributed by atoms with van der Waals surface area (Å²) in [5.41, 5.74) is 1.28. The van der Waals surface area contributed by atoms with Gasteiger partial charge in [0.25, 0.3) is 5.91 Å². The standard InChI is InChI=1S/C25H31ClN4O6S/c1-16(2)12-28-25(35)29(9-10-36-15-23(32)33)18-3-5-19(6-4-18)30-14-17(11-22(30)31)13-27-24(34)20-7-8-21(26)37-20/h3-8,16-17H,9-15H2,1-2H3,(H,27,34)(H,28,35)(H,32,33)/t17-/m0/s1. The quantitative estimate of drug-likeness (QED) is 0.347. The second kappa shape index (κ2) is 13.4. The number of rotatable bonds is 12. The number of benzene rings is 1. The first-order valence-electron chi connectivity index (χ1n) is 11.9. The monoisotopic (exact) mass is 550 g/mol. The molecule has 1 aromatic heterocycles. The van der Waals surface area contributed by atoms with Crippen LogP contribution in [-0.4, -0.2) is 68.3 Å². The molecule has 1 saturated heterocycles. The smallest absolute Gasteiger partial charge is 0.329 e. The van der Waals surface area contributed by atoms with Crippen molar-refractivity contribution in [2.75, 3.05) is 49.2 Å². The Morgan fingerprint density at radius 1 is 1.19 bits per heavy atom. The Kier molecular flexibility index (Phi) is 10.3. The Bertz CT molecular complexity index is 1110. The fourth-order valence-corrected chi connectivity index (χ4v) is 4.75. The zero-order chi connectivity index (χ0) is 26.9. The molecule has 3 rings (SSSR count). The number of carboxylic acid groups (broad SMARTS) is 1. The van der Waals surface area contributed by atoms with Crippen LogP contribution in [0.2, 0.25) is 4.34 Å². The van der Waals surface area contributed by atoms with Crippen LogP contribution in [0.5, 0.6) is 0 Å². The lowest BCUT2D eigenvalue weighted by molar-refractivity contribution is -0.142. The number of urea groups is 1. The van der Waals surface area contributed by atoms with E-state index in [9.17, 15) is 19.2 Å². The van der Waals surface area contributed by atoms with E-state index in [1.165, 1.54) is 16.2 Å². The van der Waals surface area contributed by atoms with Crippen molar-refractivity contribution >= 4 is 58.1 Å². The van der Waals surface area contributed by atoms with E-state index in [0.717, 1.165) is 0 Å². The molecule has 1 fully saturated rings. The number of carboxylic acids is 1. The molecule has 2 aromatic rings. The van der Waals surface area contributed by atoms with Gasteiger partial charge in [0.15, 0.2) is 0 Å². The summed E-state index contributed by atoms with van der Waals surface area (Å²) >= 11 is 7.09. The highest BCUT2D eigenvalue weighted by Gasteiger charge is 2.31. The van der Waals surface area contributed by atoms with Crippen molar-refractivity contribution in [2.24, 2.45) is 11.8 Å². The van der Waals surface area contributed by atoms with Gasteiger partial charge < -0.3 is 25.4 Å². The predicted molar refractivity (Wildman–Crippen MR) is 143 cm³/mol. The molecule has 0 bridgehead atoms. The minimum Gasteiger partial charge on any atom is -0.480 e. The number of hydrogen-bond donors (Lipinski definition) is 3. The second-order valence-corrected chi connectivity index (χ2v) is 10.8. The molecule has 0 unspecified atom stereocenters. The molecule has 2 heterocycles. The van der Waals surface area contributed by atoms with Crippen LogP contribution in [0.4, 0.5) is 16.2 Å². The maximum Gasteiger partial charge on any atom is 0.329 e. The van der Waals surface area contributed by atoms with Crippen molar-refractivity contribution < 1.29 is 29.0 Å². The summed E-state index contributed by atoms with van der Waals surface area (Å²) in [7, 11) is 0. The van der Waals surface area contributed by atoms with Gasteiger partial charge in [0.1, 0.15) is 6.61 Å². The van der Waals surface area contributed by atoms with Crippen LogP contribution >= 0.6 is 22.9 Å².